The number of nitrogens with one attached hydrogen (secondary N) is 1. The van der Waals surface area contributed by atoms with Crippen LogP contribution in [-0.4, -0.2) is 48.1 Å². The third-order valence-corrected chi connectivity index (χ3v) is 4.31. The molecule has 1 atom stereocenters. The molecule has 2 heterocycles. The highest BCUT2D eigenvalue weighted by molar-refractivity contribution is 5.46. The van der Waals surface area contributed by atoms with Crippen molar-refractivity contribution < 1.29 is 0 Å². The van der Waals surface area contributed by atoms with E-state index in [0.717, 1.165) is 37.7 Å². The van der Waals surface area contributed by atoms with Crippen molar-refractivity contribution in [2.75, 3.05) is 43.4 Å². The average molecular weight is 311 g/mol. The van der Waals surface area contributed by atoms with Crippen molar-refractivity contribution >= 4 is 11.8 Å². The van der Waals surface area contributed by atoms with Gasteiger partial charge in [0.25, 0.3) is 0 Å². The minimum Gasteiger partial charge on any atom is -0.354 e. The van der Waals surface area contributed by atoms with Gasteiger partial charge in [0.15, 0.2) is 0 Å². The number of nitrogens with zero attached hydrogens (tertiary/aromatic N) is 4. The SMILES string of the molecule is Cc1cc(N2CCN(C)CC2)nc(NC(C)c2ccccc2)n1. The third-order valence-electron chi connectivity index (χ3n) is 4.31. The van der Waals surface area contributed by atoms with Gasteiger partial charge in [-0.05, 0) is 26.5 Å². The maximum absolute atomic E-state index is 4.73. The molecule has 1 unspecified atom stereocenters. The Morgan fingerprint density at radius 3 is 2.43 bits per heavy atom. The van der Waals surface area contributed by atoms with Crippen molar-refractivity contribution in [3.63, 3.8) is 0 Å². The molecule has 0 radical (unpaired) electrons. The molecule has 1 aromatic carbocycles. The second-order valence-electron chi connectivity index (χ2n) is 6.26. The molecule has 1 aliphatic rings. The first kappa shape index (κ1) is 15.7. The summed E-state index contributed by atoms with van der Waals surface area (Å²) in [5, 5.41) is 3.43. The normalized spacial score (nSPS) is 17.1. The van der Waals surface area contributed by atoms with Gasteiger partial charge in [-0.1, -0.05) is 30.3 Å². The standard InChI is InChI=1S/C18H25N5/c1-14-13-17(23-11-9-22(3)10-12-23)21-18(19-14)20-15(2)16-7-5-4-6-8-16/h4-8,13,15H,9-12H2,1-3H3,(H,19,20,21). The number of aryl methyl sites for hydroxylation is 1. The van der Waals surface area contributed by atoms with Crippen LogP contribution in [0, 0.1) is 6.92 Å². The van der Waals surface area contributed by atoms with E-state index in [-0.39, 0.29) is 6.04 Å². The van der Waals surface area contributed by atoms with Gasteiger partial charge in [-0.3, -0.25) is 0 Å². The Hall–Kier alpha value is -2.14. The van der Waals surface area contributed by atoms with Crippen molar-refractivity contribution in [3.05, 3.63) is 47.7 Å². The van der Waals surface area contributed by atoms with Gasteiger partial charge >= 0.3 is 0 Å². The number of likely N-dealkylation sites (N-methyl/N-ethyl adjacent to an activating group) is 1. The van der Waals surface area contributed by atoms with Crippen LogP contribution in [0.25, 0.3) is 0 Å². The Bertz CT molecular complexity index is 635. The van der Waals surface area contributed by atoms with Gasteiger partial charge < -0.3 is 15.1 Å². The van der Waals surface area contributed by atoms with E-state index in [9.17, 15) is 0 Å². The summed E-state index contributed by atoms with van der Waals surface area (Å²) < 4.78 is 0. The minimum absolute atomic E-state index is 0.179. The lowest BCUT2D eigenvalue weighted by Crippen LogP contribution is -2.44. The monoisotopic (exact) mass is 311 g/mol. The molecule has 0 saturated carbocycles. The van der Waals surface area contributed by atoms with Crippen LogP contribution in [0.1, 0.15) is 24.2 Å². The predicted molar refractivity (Wildman–Crippen MR) is 95.0 cm³/mol. The highest BCUT2D eigenvalue weighted by atomic mass is 15.3. The zero-order valence-corrected chi connectivity index (χ0v) is 14.2. The van der Waals surface area contributed by atoms with Crippen molar-refractivity contribution in [1.29, 1.82) is 0 Å². The third kappa shape index (κ3) is 3.99. The van der Waals surface area contributed by atoms with Gasteiger partial charge in [-0.15, -0.1) is 0 Å². The highest BCUT2D eigenvalue weighted by Gasteiger charge is 2.17. The lowest BCUT2D eigenvalue weighted by atomic mass is 10.1. The second-order valence-corrected chi connectivity index (χ2v) is 6.26. The lowest BCUT2D eigenvalue weighted by molar-refractivity contribution is 0.312. The molecule has 1 aromatic heterocycles. The summed E-state index contributed by atoms with van der Waals surface area (Å²) in [6, 6.07) is 12.6. The van der Waals surface area contributed by atoms with E-state index >= 15 is 0 Å². The first-order valence-corrected chi connectivity index (χ1v) is 8.22. The molecule has 2 aromatic rings. The topological polar surface area (TPSA) is 44.3 Å². The number of anilines is 2. The van der Waals surface area contributed by atoms with Crippen molar-refractivity contribution in [2.45, 2.75) is 19.9 Å². The summed E-state index contributed by atoms with van der Waals surface area (Å²) in [6.45, 7) is 8.34. The van der Waals surface area contributed by atoms with Gasteiger partial charge in [0.2, 0.25) is 5.95 Å². The number of benzene rings is 1. The molecule has 0 amide bonds. The van der Waals surface area contributed by atoms with E-state index < -0.39 is 0 Å². The molecule has 5 nitrogen and oxygen atoms in total. The molecule has 1 aliphatic heterocycles. The van der Waals surface area contributed by atoms with Gasteiger partial charge in [0.1, 0.15) is 5.82 Å². The fourth-order valence-corrected chi connectivity index (χ4v) is 2.83. The molecule has 0 aliphatic carbocycles. The molecule has 1 N–H and O–H groups in total. The summed E-state index contributed by atoms with van der Waals surface area (Å²) in [5.41, 5.74) is 2.23. The summed E-state index contributed by atoms with van der Waals surface area (Å²) in [6.07, 6.45) is 0. The largest absolute Gasteiger partial charge is 0.354 e. The van der Waals surface area contributed by atoms with E-state index in [1.807, 2.05) is 13.0 Å². The van der Waals surface area contributed by atoms with E-state index in [4.69, 9.17) is 4.98 Å². The number of piperazine rings is 1. The Balaban J connectivity index is 1.75. The van der Waals surface area contributed by atoms with Crippen LogP contribution < -0.4 is 10.2 Å². The zero-order valence-electron chi connectivity index (χ0n) is 14.2. The van der Waals surface area contributed by atoms with Gasteiger partial charge in [-0.2, -0.15) is 4.98 Å². The Kier molecular flexibility index (Phi) is 4.76. The number of aromatic nitrogens is 2. The van der Waals surface area contributed by atoms with Crippen molar-refractivity contribution in [3.8, 4) is 0 Å². The number of hydrogen-bond acceptors (Lipinski definition) is 5. The molecule has 0 bridgehead atoms. The van der Waals surface area contributed by atoms with E-state index in [1.165, 1.54) is 5.56 Å². The fraction of sp³-hybridized carbons (Fsp3) is 0.444. The van der Waals surface area contributed by atoms with Crippen LogP contribution in [0.5, 0.6) is 0 Å². The highest BCUT2D eigenvalue weighted by Crippen LogP contribution is 2.20. The van der Waals surface area contributed by atoms with E-state index in [0.29, 0.717) is 5.95 Å². The van der Waals surface area contributed by atoms with Gasteiger partial charge in [0.05, 0.1) is 6.04 Å². The van der Waals surface area contributed by atoms with Crippen LogP contribution in [0.15, 0.2) is 36.4 Å². The first-order chi connectivity index (χ1) is 11.1. The maximum atomic E-state index is 4.73. The zero-order chi connectivity index (χ0) is 16.2. The Morgan fingerprint density at radius 1 is 1.04 bits per heavy atom. The van der Waals surface area contributed by atoms with E-state index in [2.05, 4.69) is 64.4 Å². The van der Waals surface area contributed by atoms with Crippen molar-refractivity contribution in [2.24, 2.45) is 0 Å². The summed E-state index contributed by atoms with van der Waals surface area (Å²) >= 11 is 0. The second kappa shape index (κ2) is 6.96. The predicted octanol–water partition coefficient (Wildman–Crippen LogP) is 2.71. The molecule has 1 fully saturated rings. The van der Waals surface area contributed by atoms with Crippen LogP contribution >= 0.6 is 0 Å². The van der Waals surface area contributed by atoms with Crippen LogP contribution in [0.2, 0.25) is 0 Å². The molecule has 0 spiro atoms. The smallest absolute Gasteiger partial charge is 0.225 e. The Morgan fingerprint density at radius 2 is 1.74 bits per heavy atom. The average Bonchev–Trinajstić information content (AvgIpc) is 2.56. The maximum Gasteiger partial charge on any atom is 0.225 e. The molecule has 1 saturated heterocycles. The van der Waals surface area contributed by atoms with E-state index in [1.54, 1.807) is 0 Å². The van der Waals surface area contributed by atoms with Gasteiger partial charge in [0, 0.05) is 37.9 Å². The molecule has 3 rings (SSSR count). The quantitative estimate of drug-likeness (QED) is 0.940. The summed E-state index contributed by atoms with van der Waals surface area (Å²) in [5.74, 6) is 1.73. The van der Waals surface area contributed by atoms with Crippen LogP contribution in [0.3, 0.4) is 0 Å². The Labute approximate surface area is 138 Å². The molecule has 23 heavy (non-hydrogen) atoms. The molecular formula is C18H25N5. The van der Waals surface area contributed by atoms with Crippen molar-refractivity contribution in [1.82, 2.24) is 14.9 Å². The number of rotatable bonds is 4. The lowest BCUT2D eigenvalue weighted by Gasteiger charge is -2.33. The van der Waals surface area contributed by atoms with Crippen LogP contribution in [0.4, 0.5) is 11.8 Å². The fourth-order valence-electron chi connectivity index (χ4n) is 2.83. The summed E-state index contributed by atoms with van der Waals surface area (Å²) in [4.78, 5) is 14.0. The molecular weight excluding hydrogens is 286 g/mol. The molecule has 122 valence electrons. The molecule has 5 heteroatoms. The summed E-state index contributed by atoms with van der Waals surface area (Å²) in [7, 11) is 2.16. The first-order valence-electron chi connectivity index (χ1n) is 8.22. The minimum atomic E-state index is 0.179. The van der Waals surface area contributed by atoms with Crippen LogP contribution in [-0.2, 0) is 0 Å². The number of hydrogen-bond donors (Lipinski definition) is 1. The van der Waals surface area contributed by atoms with Gasteiger partial charge in [-0.25, -0.2) is 4.98 Å².